The van der Waals surface area contributed by atoms with Crippen molar-refractivity contribution < 1.29 is 18.8 Å². The average Bonchev–Trinajstić information content (AvgIpc) is 3.06. The van der Waals surface area contributed by atoms with E-state index >= 15 is 0 Å². The van der Waals surface area contributed by atoms with Crippen molar-refractivity contribution >= 4 is 47.1 Å². The number of carbonyl (C=O) groups excluding carboxylic acids is 3. The molecule has 3 rings (SSSR count). The van der Waals surface area contributed by atoms with E-state index in [1.165, 1.54) is 12.2 Å². The van der Waals surface area contributed by atoms with E-state index < -0.39 is 17.8 Å². The molecule has 0 saturated carbocycles. The molecule has 0 aliphatic carbocycles. The van der Waals surface area contributed by atoms with Gasteiger partial charge in [0.1, 0.15) is 17.1 Å². The van der Waals surface area contributed by atoms with Crippen molar-refractivity contribution in [2.24, 2.45) is 0 Å². The molecule has 1 fully saturated rings. The molecule has 8 heteroatoms. The number of urea groups is 1. The minimum absolute atomic E-state index is 0.0170. The van der Waals surface area contributed by atoms with Crippen LogP contribution in [0.2, 0.25) is 10.0 Å². The number of hydrogen-bond donors (Lipinski definition) is 1. The van der Waals surface area contributed by atoms with Crippen molar-refractivity contribution in [2.75, 3.05) is 6.54 Å². The lowest BCUT2D eigenvalue weighted by atomic mass is 10.1. The molecule has 6 nitrogen and oxygen atoms in total. The first-order chi connectivity index (χ1) is 12.4. The van der Waals surface area contributed by atoms with Crippen molar-refractivity contribution in [1.29, 1.82) is 0 Å². The fourth-order valence-corrected chi connectivity index (χ4v) is 2.78. The zero-order valence-electron chi connectivity index (χ0n) is 13.3. The van der Waals surface area contributed by atoms with Gasteiger partial charge in [-0.1, -0.05) is 29.3 Å². The molecule has 2 aromatic rings. The summed E-state index contributed by atoms with van der Waals surface area (Å²) in [6.45, 7) is 3.47. The number of imide groups is 2. The number of barbiturate groups is 1. The monoisotopic (exact) mass is 390 g/mol. The van der Waals surface area contributed by atoms with Crippen LogP contribution >= 0.6 is 23.2 Å². The Morgan fingerprint density at radius 2 is 1.92 bits per heavy atom. The average molecular weight is 391 g/mol. The van der Waals surface area contributed by atoms with Crippen molar-refractivity contribution in [3.63, 3.8) is 0 Å². The smallest absolute Gasteiger partial charge is 0.331 e. The van der Waals surface area contributed by atoms with Crippen LogP contribution in [0, 0.1) is 0 Å². The highest BCUT2D eigenvalue weighted by atomic mass is 35.5. The van der Waals surface area contributed by atoms with Crippen LogP contribution in [-0.4, -0.2) is 29.3 Å². The lowest BCUT2D eigenvalue weighted by molar-refractivity contribution is -0.129. The standard InChI is InChI=1S/C18H12Cl2N2O4/c1-2-7-22-17(24)13(16(23)21-18(22)25)9-11-4-6-15(26-11)12-8-10(19)3-5-14(12)20/h2-6,8-9H,1,7H2,(H,21,23,25)/b13-9-. The van der Waals surface area contributed by atoms with Crippen molar-refractivity contribution in [2.45, 2.75) is 0 Å². The van der Waals surface area contributed by atoms with Crippen molar-refractivity contribution in [1.82, 2.24) is 10.2 Å². The maximum Gasteiger partial charge on any atom is 0.331 e. The van der Waals surface area contributed by atoms with E-state index in [0.717, 1.165) is 4.90 Å². The topological polar surface area (TPSA) is 79.6 Å². The second-order valence-electron chi connectivity index (χ2n) is 5.35. The summed E-state index contributed by atoms with van der Waals surface area (Å²) >= 11 is 12.1. The van der Waals surface area contributed by atoms with Gasteiger partial charge in [-0.25, -0.2) is 4.79 Å². The molecule has 4 amide bonds. The fourth-order valence-electron chi connectivity index (χ4n) is 2.39. The molecule has 1 aliphatic heterocycles. The van der Waals surface area contributed by atoms with E-state index in [9.17, 15) is 14.4 Å². The molecule has 0 spiro atoms. The number of furan rings is 1. The maximum absolute atomic E-state index is 12.4. The van der Waals surface area contributed by atoms with Gasteiger partial charge in [0.25, 0.3) is 11.8 Å². The Hall–Kier alpha value is -2.83. The SMILES string of the molecule is C=CCN1C(=O)NC(=O)/C(=C/c2ccc(-c3cc(Cl)ccc3Cl)o2)C1=O. The number of halogens is 2. The molecule has 0 unspecified atom stereocenters. The van der Waals surface area contributed by atoms with Gasteiger partial charge in [0, 0.05) is 17.1 Å². The third-order valence-corrected chi connectivity index (χ3v) is 4.17. The second kappa shape index (κ2) is 7.19. The number of nitrogens with one attached hydrogen (secondary N) is 1. The van der Waals surface area contributed by atoms with Gasteiger partial charge in [-0.3, -0.25) is 19.8 Å². The van der Waals surface area contributed by atoms with Crippen LogP contribution in [0.3, 0.4) is 0 Å². The summed E-state index contributed by atoms with van der Waals surface area (Å²) in [7, 11) is 0. The first-order valence-corrected chi connectivity index (χ1v) is 8.21. The van der Waals surface area contributed by atoms with Crippen LogP contribution in [0.1, 0.15) is 5.76 Å². The third-order valence-electron chi connectivity index (χ3n) is 3.60. The molecule has 0 radical (unpaired) electrons. The summed E-state index contributed by atoms with van der Waals surface area (Å²) in [4.78, 5) is 36.9. The van der Waals surface area contributed by atoms with Crippen LogP contribution in [0.15, 0.2) is 53.0 Å². The summed E-state index contributed by atoms with van der Waals surface area (Å²) in [5, 5.41) is 3.03. The van der Waals surface area contributed by atoms with Crippen molar-refractivity contribution in [3.05, 3.63) is 64.4 Å². The zero-order valence-corrected chi connectivity index (χ0v) is 14.8. The van der Waals surface area contributed by atoms with Gasteiger partial charge in [0.15, 0.2) is 0 Å². The quantitative estimate of drug-likeness (QED) is 0.487. The predicted octanol–water partition coefficient (Wildman–Crippen LogP) is 3.90. The Morgan fingerprint density at radius 1 is 1.15 bits per heavy atom. The van der Waals surface area contributed by atoms with Crippen molar-refractivity contribution in [3.8, 4) is 11.3 Å². The number of hydrogen-bond acceptors (Lipinski definition) is 4. The normalized spacial score (nSPS) is 16.2. The highest BCUT2D eigenvalue weighted by Gasteiger charge is 2.35. The van der Waals surface area contributed by atoms with Crippen LogP contribution in [0.5, 0.6) is 0 Å². The van der Waals surface area contributed by atoms with Gasteiger partial charge in [0.2, 0.25) is 0 Å². The maximum atomic E-state index is 12.4. The number of nitrogens with zero attached hydrogens (tertiary/aromatic N) is 1. The van der Waals surface area contributed by atoms with Gasteiger partial charge in [-0.05, 0) is 36.4 Å². The van der Waals surface area contributed by atoms with E-state index in [1.54, 1.807) is 30.3 Å². The van der Waals surface area contributed by atoms with Gasteiger partial charge in [-0.15, -0.1) is 6.58 Å². The number of amides is 4. The van der Waals surface area contributed by atoms with E-state index in [0.29, 0.717) is 21.4 Å². The number of carbonyl (C=O) groups is 3. The second-order valence-corrected chi connectivity index (χ2v) is 6.19. The highest BCUT2D eigenvalue weighted by Crippen LogP contribution is 2.32. The number of benzene rings is 1. The lowest BCUT2D eigenvalue weighted by Crippen LogP contribution is -2.54. The molecule has 1 aromatic carbocycles. The van der Waals surface area contributed by atoms with Crippen LogP contribution < -0.4 is 5.32 Å². The van der Waals surface area contributed by atoms with Crippen LogP contribution in [-0.2, 0) is 9.59 Å². The Kier molecular flexibility index (Phi) is 4.97. The van der Waals surface area contributed by atoms with E-state index in [1.807, 2.05) is 0 Å². The first-order valence-electron chi connectivity index (χ1n) is 7.45. The summed E-state index contributed by atoms with van der Waals surface area (Å²) in [5.41, 5.74) is 0.358. The number of rotatable bonds is 4. The Balaban J connectivity index is 1.95. The molecular weight excluding hydrogens is 379 g/mol. The lowest BCUT2D eigenvalue weighted by Gasteiger charge is -2.24. The highest BCUT2D eigenvalue weighted by molar-refractivity contribution is 6.35. The van der Waals surface area contributed by atoms with Gasteiger partial charge in [0.05, 0.1) is 5.02 Å². The van der Waals surface area contributed by atoms with Gasteiger partial charge >= 0.3 is 6.03 Å². The molecule has 2 heterocycles. The predicted molar refractivity (Wildman–Crippen MR) is 97.6 cm³/mol. The van der Waals surface area contributed by atoms with E-state index in [4.69, 9.17) is 27.6 Å². The third kappa shape index (κ3) is 3.42. The van der Waals surface area contributed by atoms with Crippen LogP contribution in [0.25, 0.3) is 17.4 Å². The van der Waals surface area contributed by atoms with Crippen LogP contribution in [0.4, 0.5) is 4.79 Å². The minimum Gasteiger partial charge on any atom is -0.457 e. The molecule has 26 heavy (non-hydrogen) atoms. The molecule has 0 bridgehead atoms. The largest absolute Gasteiger partial charge is 0.457 e. The Labute approximate surface area is 158 Å². The molecular formula is C18H12Cl2N2O4. The molecule has 1 aliphatic rings. The van der Waals surface area contributed by atoms with E-state index in [2.05, 4.69) is 11.9 Å². The van der Waals surface area contributed by atoms with Gasteiger partial charge < -0.3 is 4.42 Å². The fraction of sp³-hybridized carbons (Fsp3) is 0.0556. The summed E-state index contributed by atoms with van der Waals surface area (Å²) in [6, 6.07) is 7.35. The molecule has 1 saturated heterocycles. The minimum atomic E-state index is -0.793. The molecule has 132 valence electrons. The van der Waals surface area contributed by atoms with Gasteiger partial charge in [-0.2, -0.15) is 0 Å². The summed E-state index contributed by atoms with van der Waals surface area (Å²) in [6.07, 6.45) is 2.65. The summed E-state index contributed by atoms with van der Waals surface area (Å²) < 4.78 is 5.65. The molecule has 1 aromatic heterocycles. The summed E-state index contributed by atoms with van der Waals surface area (Å²) in [5.74, 6) is -0.842. The zero-order chi connectivity index (χ0) is 18.8. The molecule has 0 atom stereocenters. The van der Waals surface area contributed by atoms with E-state index in [-0.39, 0.29) is 17.9 Å². The Morgan fingerprint density at radius 3 is 2.65 bits per heavy atom. The molecule has 1 N–H and O–H groups in total. The Bertz CT molecular complexity index is 962. The first kappa shape index (κ1) is 18.0.